The molecule has 1 amide bonds. The average Bonchev–Trinajstić information content (AvgIpc) is 3.20. The van der Waals surface area contributed by atoms with Crippen molar-refractivity contribution in [2.75, 3.05) is 13.1 Å². The molecule has 3 rings (SSSR count). The van der Waals surface area contributed by atoms with Crippen molar-refractivity contribution >= 4 is 22.0 Å². The SMILES string of the molecule is Cc1c(Br)nnn1C1(C2CCN(C(=O)OC(C)(C)C)CC2)CC1. The van der Waals surface area contributed by atoms with Gasteiger partial charge in [-0.25, -0.2) is 9.48 Å². The van der Waals surface area contributed by atoms with Gasteiger partial charge >= 0.3 is 6.09 Å². The van der Waals surface area contributed by atoms with E-state index >= 15 is 0 Å². The highest BCUT2D eigenvalue weighted by molar-refractivity contribution is 9.10. The van der Waals surface area contributed by atoms with Crippen molar-refractivity contribution in [1.29, 1.82) is 0 Å². The minimum absolute atomic E-state index is 0.114. The van der Waals surface area contributed by atoms with Crippen LogP contribution in [0.25, 0.3) is 0 Å². The van der Waals surface area contributed by atoms with Gasteiger partial charge in [0.2, 0.25) is 0 Å². The first-order valence-corrected chi connectivity index (χ1v) is 9.08. The van der Waals surface area contributed by atoms with Gasteiger partial charge in [-0.05, 0) is 75.2 Å². The second-order valence-corrected chi connectivity index (χ2v) is 8.47. The molecule has 0 aromatic carbocycles. The van der Waals surface area contributed by atoms with Crippen molar-refractivity contribution < 1.29 is 9.53 Å². The number of likely N-dealkylation sites (tertiary alicyclic amines) is 1. The molecule has 1 aromatic rings. The number of piperidine rings is 1. The van der Waals surface area contributed by atoms with E-state index in [0.717, 1.165) is 49.1 Å². The van der Waals surface area contributed by atoms with Crippen molar-refractivity contribution in [2.45, 2.75) is 64.5 Å². The van der Waals surface area contributed by atoms with Crippen molar-refractivity contribution in [3.63, 3.8) is 0 Å². The third-order valence-corrected chi connectivity index (χ3v) is 5.66. The third-order valence-electron chi connectivity index (χ3n) is 4.93. The van der Waals surface area contributed by atoms with Gasteiger partial charge in [0, 0.05) is 13.1 Å². The molecule has 1 aromatic heterocycles. The Hall–Kier alpha value is -1.11. The fraction of sp³-hybridized carbons (Fsp3) is 0.812. The summed E-state index contributed by atoms with van der Waals surface area (Å²) in [5, 5.41) is 8.49. The first-order valence-electron chi connectivity index (χ1n) is 8.29. The first-order chi connectivity index (χ1) is 10.7. The molecule has 2 heterocycles. The number of hydrogen-bond donors (Lipinski definition) is 0. The van der Waals surface area contributed by atoms with Crippen LogP contribution in [-0.4, -0.2) is 44.7 Å². The third kappa shape index (κ3) is 3.25. The Morgan fingerprint density at radius 1 is 1.30 bits per heavy atom. The van der Waals surface area contributed by atoms with E-state index in [4.69, 9.17) is 4.74 Å². The number of nitrogens with zero attached hydrogens (tertiary/aromatic N) is 4. The van der Waals surface area contributed by atoms with Crippen LogP contribution in [0.3, 0.4) is 0 Å². The predicted octanol–water partition coefficient (Wildman–Crippen LogP) is 3.49. The molecule has 128 valence electrons. The van der Waals surface area contributed by atoms with Crippen molar-refractivity contribution in [2.24, 2.45) is 5.92 Å². The first kappa shape index (κ1) is 16.7. The van der Waals surface area contributed by atoms with Crippen LogP contribution in [-0.2, 0) is 10.3 Å². The van der Waals surface area contributed by atoms with Crippen molar-refractivity contribution in [1.82, 2.24) is 19.9 Å². The van der Waals surface area contributed by atoms with Crippen LogP contribution >= 0.6 is 15.9 Å². The Morgan fingerprint density at radius 2 is 1.91 bits per heavy atom. The van der Waals surface area contributed by atoms with Crippen LogP contribution < -0.4 is 0 Å². The number of amides is 1. The maximum atomic E-state index is 12.2. The summed E-state index contributed by atoms with van der Waals surface area (Å²) in [6.07, 6.45) is 4.11. The van der Waals surface area contributed by atoms with Crippen LogP contribution in [0.15, 0.2) is 4.60 Å². The Labute approximate surface area is 145 Å². The summed E-state index contributed by atoms with van der Waals surface area (Å²) in [4.78, 5) is 14.0. The Kier molecular flexibility index (Phi) is 4.19. The lowest BCUT2D eigenvalue weighted by atomic mass is 9.87. The number of hydrogen-bond acceptors (Lipinski definition) is 4. The van der Waals surface area contributed by atoms with E-state index in [9.17, 15) is 4.79 Å². The zero-order valence-electron chi connectivity index (χ0n) is 14.3. The molecule has 1 saturated carbocycles. The Bertz CT molecular complexity index is 596. The highest BCUT2D eigenvalue weighted by atomic mass is 79.9. The minimum Gasteiger partial charge on any atom is -0.444 e. The normalized spacial score (nSPS) is 21.3. The van der Waals surface area contributed by atoms with Gasteiger partial charge in [-0.2, -0.15) is 0 Å². The molecule has 1 aliphatic carbocycles. The number of ether oxygens (including phenoxy) is 1. The molecular formula is C16H25BrN4O2. The van der Waals surface area contributed by atoms with Crippen LogP contribution in [0.2, 0.25) is 0 Å². The molecule has 0 N–H and O–H groups in total. The van der Waals surface area contributed by atoms with E-state index < -0.39 is 5.60 Å². The highest BCUT2D eigenvalue weighted by Crippen LogP contribution is 2.53. The topological polar surface area (TPSA) is 60.2 Å². The molecule has 0 unspecified atom stereocenters. The molecule has 2 fully saturated rings. The number of halogens is 1. The summed E-state index contributed by atoms with van der Waals surface area (Å²) in [5.41, 5.74) is 0.774. The van der Waals surface area contributed by atoms with Gasteiger partial charge in [0.1, 0.15) is 5.60 Å². The standard InChI is InChI=1S/C16H25BrN4O2/c1-11-13(17)18-19-21(11)16(7-8-16)12-5-9-20(10-6-12)14(22)23-15(2,3)4/h12H,5-10H2,1-4H3. The molecule has 0 radical (unpaired) electrons. The Morgan fingerprint density at radius 3 is 2.35 bits per heavy atom. The van der Waals surface area contributed by atoms with Gasteiger partial charge in [0.25, 0.3) is 0 Å². The van der Waals surface area contributed by atoms with Crippen LogP contribution in [0, 0.1) is 12.8 Å². The molecule has 1 aliphatic heterocycles. The van der Waals surface area contributed by atoms with Gasteiger partial charge in [0.15, 0.2) is 4.60 Å². The van der Waals surface area contributed by atoms with Gasteiger partial charge in [-0.1, -0.05) is 5.21 Å². The predicted molar refractivity (Wildman–Crippen MR) is 90.2 cm³/mol. The van der Waals surface area contributed by atoms with Crippen molar-refractivity contribution in [3.8, 4) is 0 Å². The molecule has 23 heavy (non-hydrogen) atoms. The molecule has 0 spiro atoms. The van der Waals surface area contributed by atoms with Gasteiger partial charge < -0.3 is 9.64 Å². The fourth-order valence-electron chi connectivity index (χ4n) is 3.58. The fourth-order valence-corrected chi connectivity index (χ4v) is 3.82. The maximum Gasteiger partial charge on any atom is 0.410 e. The molecule has 0 atom stereocenters. The van der Waals surface area contributed by atoms with Gasteiger partial charge in [0.05, 0.1) is 11.2 Å². The number of carbonyl (C=O) groups is 1. The minimum atomic E-state index is -0.435. The van der Waals surface area contributed by atoms with Gasteiger partial charge in [-0.3, -0.25) is 0 Å². The zero-order chi connectivity index (χ0) is 16.8. The lowest BCUT2D eigenvalue weighted by molar-refractivity contribution is 0.0148. The second kappa shape index (κ2) is 5.76. The van der Waals surface area contributed by atoms with E-state index in [1.54, 1.807) is 0 Å². The quantitative estimate of drug-likeness (QED) is 0.782. The summed E-state index contributed by atoms with van der Waals surface area (Å²) in [6.45, 7) is 9.29. The zero-order valence-corrected chi connectivity index (χ0v) is 15.9. The van der Waals surface area contributed by atoms with E-state index in [0.29, 0.717) is 5.92 Å². The van der Waals surface area contributed by atoms with Crippen molar-refractivity contribution in [3.05, 3.63) is 10.3 Å². The summed E-state index contributed by atoms with van der Waals surface area (Å²) in [5.74, 6) is 0.550. The summed E-state index contributed by atoms with van der Waals surface area (Å²) < 4.78 is 8.40. The number of rotatable bonds is 2. The molecule has 6 nitrogen and oxygen atoms in total. The lowest BCUT2D eigenvalue weighted by Crippen LogP contribution is -2.45. The van der Waals surface area contributed by atoms with E-state index in [1.807, 2.05) is 25.7 Å². The Balaban J connectivity index is 1.63. The summed E-state index contributed by atoms with van der Waals surface area (Å²) in [7, 11) is 0. The molecule has 1 saturated heterocycles. The maximum absolute atomic E-state index is 12.2. The molecule has 2 aliphatic rings. The monoisotopic (exact) mass is 384 g/mol. The second-order valence-electron chi connectivity index (χ2n) is 7.72. The molecule has 0 bridgehead atoms. The average molecular weight is 385 g/mol. The number of aromatic nitrogens is 3. The van der Waals surface area contributed by atoms with E-state index in [-0.39, 0.29) is 11.6 Å². The van der Waals surface area contributed by atoms with Gasteiger partial charge in [-0.15, -0.1) is 5.10 Å². The van der Waals surface area contributed by atoms with Crippen LogP contribution in [0.4, 0.5) is 4.79 Å². The van der Waals surface area contributed by atoms with Crippen LogP contribution in [0.1, 0.15) is 52.1 Å². The number of carbonyl (C=O) groups excluding carboxylic acids is 1. The summed E-state index contributed by atoms with van der Waals surface area (Å²) >= 11 is 3.45. The molecular weight excluding hydrogens is 360 g/mol. The van der Waals surface area contributed by atoms with Crippen LogP contribution in [0.5, 0.6) is 0 Å². The summed E-state index contributed by atoms with van der Waals surface area (Å²) in [6, 6.07) is 0. The van der Waals surface area contributed by atoms with E-state index in [1.165, 1.54) is 0 Å². The molecule has 7 heteroatoms. The smallest absolute Gasteiger partial charge is 0.410 e. The van der Waals surface area contributed by atoms with E-state index in [2.05, 4.69) is 37.8 Å². The lowest BCUT2D eigenvalue weighted by Gasteiger charge is -2.37. The largest absolute Gasteiger partial charge is 0.444 e. The highest BCUT2D eigenvalue weighted by Gasteiger charge is 2.53.